The molecule has 0 spiro atoms. The van der Waals surface area contributed by atoms with E-state index in [-0.39, 0.29) is 12.4 Å². The summed E-state index contributed by atoms with van der Waals surface area (Å²) in [6, 6.07) is 8.77. The quantitative estimate of drug-likeness (QED) is 0.736. The van der Waals surface area contributed by atoms with Gasteiger partial charge in [-0.2, -0.15) is 4.98 Å². The molecule has 1 aliphatic rings. The third-order valence-electron chi connectivity index (χ3n) is 3.60. The molecule has 0 saturated heterocycles. The summed E-state index contributed by atoms with van der Waals surface area (Å²) < 4.78 is 17.3. The van der Waals surface area contributed by atoms with Crippen molar-refractivity contribution in [3.8, 4) is 22.9 Å². The molecule has 0 N–H and O–H groups in total. The highest BCUT2D eigenvalue weighted by Gasteiger charge is 2.12. The monoisotopic (exact) mass is 323 g/mol. The molecule has 4 rings (SSSR count). The van der Waals surface area contributed by atoms with E-state index < -0.39 is 0 Å². The van der Waals surface area contributed by atoms with E-state index in [0.717, 1.165) is 11.3 Å². The second-order valence-electron chi connectivity index (χ2n) is 5.27. The van der Waals surface area contributed by atoms with E-state index in [9.17, 15) is 4.79 Å². The van der Waals surface area contributed by atoms with Gasteiger partial charge >= 0.3 is 0 Å². The Morgan fingerprint density at radius 1 is 1.12 bits per heavy atom. The Balaban J connectivity index is 1.56. The maximum atomic E-state index is 11.4. The Kier molecular flexibility index (Phi) is 3.38. The zero-order valence-corrected chi connectivity index (χ0v) is 12.8. The molecule has 0 aliphatic carbocycles. The summed E-state index contributed by atoms with van der Waals surface area (Å²) >= 11 is 0. The Bertz CT molecular complexity index is 987. The third kappa shape index (κ3) is 2.67. The van der Waals surface area contributed by atoms with Crippen LogP contribution < -0.4 is 15.0 Å². The van der Waals surface area contributed by atoms with Gasteiger partial charge in [0.2, 0.25) is 18.2 Å². The zero-order valence-electron chi connectivity index (χ0n) is 12.8. The first-order valence-corrected chi connectivity index (χ1v) is 7.27. The van der Waals surface area contributed by atoms with Gasteiger partial charge in [-0.15, -0.1) is 0 Å². The van der Waals surface area contributed by atoms with Crippen LogP contribution in [0.4, 0.5) is 0 Å². The average Bonchev–Trinajstić information content (AvgIpc) is 3.24. The van der Waals surface area contributed by atoms with Crippen molar-refractivity contribution in [3.05, 3.63) is 58.3 Å². The van der Waals surface area contributed by atoms with Crippen LogP contribution in [0.3, 0.4) is 0 Å². The van der Waals surface area contributed by atoms with E-state index >= 15 is 0 Å². The predicted molar refractivity (Wildman–Crippen MR) is 86.5 cm³/mol. The number of ether oxygens (including phenoxy) is 2. The number of nitrogens with zero attached hydrogens (tertiary/aromatic N) is 3. The number of hydrogen-bond acceptors (Lipinski definition) is 6. The van der Waals surface area contributed by atoms with Gasteiger partial charge in [0.1, 0.15) is 0 Å². The second kappa shape index (κ2) is 5.69. The van der Waals surface area contributed by atoms with E-state index in [1.807, 2.05) is 24.3 Å². The Labute approximate surface area is 136 Å². The Morgan fingerprint density at radius 3 is 2.88 bits per heavy atom. The molecule has 120 valence electrons. The lowest BCUT2D eigenvalue weighted by molar-refractivity contribution is 0.174. The maximum Gasteiger partial charge on any atom is 0.250 e. The van der Waals surface area contributed by atoms with Crippen LogP contribution in [0.2, 0.25) is 0 Å². The fraction of sp³-hybridized carbons (Fsp3) is 0.118. The molecule has 0 bridgehead atoms. The molecule has 0 saturated carbocycles. The van der Waals surface area contributed by atoms with Gasteiger partial charge < -0.3 is 18.6 Å². The second-order valence-corrected chi connectivity index (χ2v) is 5.27. The van der Waals surface area contributed by atoms with Crippen LogP contribution in [-0.4, -0.2) is 21.5 Å². The zero-order chi connectivity index (χ0) is 16.5. The molecular weight excluding hydrogens is 310 g/mol. The van der Waals surface area contributed by atoms with Crippen LogP contribution in [0.1, 0.15) is 11.5 Å². The summed E-state index contributed by atoms with van der Waals surface area (Å²) in [6.07, 6.45) is 5.23. The normalized spacial score (nSPS) is 12.9. The molecule has 3 heterocycles. The molecule has 0 unspecified atom stereocenters. The van der Waals surface area contributed by atoms with Gasteiger partial charge in [-0.1, -0.05) is 11.2 Å². The van der Waals surface area contributed by atoms with Crippen LogP contribution in [0.5, 0.6) is 11.5 Å². The molecule has 0 radical (unpaired) electrons. The minimum Gasteiger partial charge on any atom is -0.454 e. The fourth-order valence-electron chi connectivity index (χ4n) is 2.33. The van der Waals surface area contributed by atoms with Gasteiger partial charge in [-0.05, 0) is 29.8 Å². The number of rotatable bonds is 3. The minimum absolute atomic E-state index is 0.0924. The van der Waals surface area contributed by atoms with Crippen molar-refractivity contribution in [3.63, 3.8) is 0 Å². The van der Waals surface area contributed by atoms with E-state index in [1.54, 1.807) is 25.4 Å². The Morgan fingerprint density at radius 2 is 2.00 bits per heavy atom. The van der Waals surface area contributed by atoms with E-state index in [4.69, 9.17) is 14.0 Å². The van der Waals surface area contributed by atoms with Crippen molar-refractivity contribution < 1.29 is 14.0 Å². The first kappa shape index (κ1) is 14.3. The number of benzene rings is 1. The molecule has 7 heteroatoms. The SMILES string of the molecule is Cn1cc(-c2noc(C=Cc3ccc4c(c3)OCO4)n2)ccc1=O. The summed E-state index contributed by atoms with van der Waals surface area (Å²) in [5.41, 5.74) is 1.55. The number of pyridine rings is 1. The lowest BCUT2D eigenvalue weighted by atomic mass is 10.2. The topological polar surface area (TPSA) is 79.4 Å². The highest BCUT2D eigenvalue weighted by molar-refractivity contribution is 5.68. The number of aryl methyl sites for hydroxylation is 1. The van der Waals surface area contributed by atoms with Crippen molar-refractivity contribution in [2.45, 2.75) is 0 Å². The first-order chi connectivity index (χ1) is 11.7. The lowest BCUT2D eigenvalue weighted by Gasteiger charge is -1.97. The van der Waals surface area contributed by atoms with Gasteiger partial charge in [0.15, 0.2) is 11.5 Å². The molecule has 7 nitrogen and oxygen atoms in total. The summed E-state index contributed by atoms with van der Waals surface area (Å²) in [7, 11) is 1.67. The highest BCUT2D eigenvalue weighted by atomic mass is 16.7. The molecular formula is C17H13N3O4. The number of hydrogen-bond donors (Lipinski definition) is 0. The maximum absolute atomic E-state index is 11.4. The van der Waals surface area contributed by atoms with Crippen molar-refractivity contribution in [1.29, 1.82) is 0 Å². The molecule has 1 aromatic carbocycles. The summed E-state index contributed by atoms with van der Waals surface area (Å²) in [6.45, 7) is 0.245. The summed E-state index contributed by atoms with van der Waals surface area (Å²) in [4.78, 5) is 15.7. The average molecular weight is 323 g/mol. The van der Waals surface area contributed by atoms with Crippen molar-refractivity contribution in [1.82, 2.24) is 14.7 Å². The van der Waals surface area contributed by atoms with Crippen molar-refractivity contribution in [2.75, 3.05) is 6.79 Å². The first-order valence-electron chi connectivity index (χ1n) is 7.27. The Hall–Kier alpha value is -3.35. The molecule has 0 amide bonds. The van der Waals surface area contributed by atoms with E-state index in [0.29, 0.717) is 23.0 Å². The van der Waals surface area contributed by atoms with Crippen molar-refractivity contribution >= 4 is 12.2 Å². The van der Waals surface area contributed by atoms with Crippen molar-refractivity contribution in [2.24, 2.45) is 7.05 Å². The minimum atomic E-state index is -0.0924. The smallest absolute Gasteiger partial charge is 0.250 e. The van der Waals surface area contributed by atoms with Crippen LogP contribution in [0, 0.1) is 0 Å². The number of fused-ring (bicyclic) bond motifs is 1. The van der Waals surface area contributed by atoms with Crippen LogP contribution >= 0.6 is 0 Å². The van der Waals surface area contributed by atoms with Gasteiger partial charge in [0, 0.05) is 31.0 Å². The molecule has 1 aliphatic heterocycles. The van der Waals surface area contributed by atoms with Crippen LogP contribution in [-0.2, 0) is 7.05 Å². The standard InChI is InChI=1S/C17H13N3O4/c1-20-9-12(4-7-16(20)21)17-18-15(24-19-17)6-3-11-2-5-13-14(8-11)23-10-22-13/h2-9H,10H2,1H3. The lowest BCUT2D eigenvalue weighted by Crippen LogP contribution is -2.14. The van der Waals surface area contributed by atoms with Crippen LogP contribution in [0.25, 0.3) is 23.5 Å². The van der Waals surface area contributed by atoms with Gasteiger partial charge in [0.05, 0.1) is 0 Å². The molecule has 2 aromatic heterocycles. The fourth-order valence-corrected chi connectivity index (χ4v) is 2.33. The molecule has 3 aromatic rings. The molecule has 0 fully saturated rings. The summed E-state index contributed by atoms with van der Waals surface area (Å²) in [5, 5.41) is 3.93. The highest BCUT2D eigenvalue weighted by Crippen LogP contribution is 2.32. The largest absolute Gasteiger partial charge is 0.454 e. The van der Waals surface area contributed by atoms with E-state index in [2.05, 4.69) is 10.1 Å². The van der Waals surface area contributed by atoms with E-state index in [1.165, 1.54) is 10.6 Å². The van der Waals surface area contributed by atoms with Gasteiger partial charge in [0.25, 0.3) is 5.89 Å². The van der Waals surface area contributed by atoms with Crippen LogP contribution in [0.15, 0.2) is 45.8 Å². The molecule has 24 heavy (non-hydrogen) atoms. The predicted octanol–water partition coefficient (Wildman–Crippen LogP) is 2.33. The third-order valence-corrected chi connectivity index (χ3v) is 3.60. The summed E-state index contributed by atoms with van der Waals surface area (Å²) in [5.74, 6) is 2.25. The molecule has 0 atom stereocenters. The van der Waals surface area contributed by atoms with Gasteiger partial charge in [-0.3, -0.25) is 4.79 Å². The number of aromatic nitrogens is 3. The van der Waals surface area contributed by atoms with Gasteiger partial charge in [-0.25, -0.2) is 0 Å².